The van der Waals surface area contributed by atoms with Crippen molar-refractivity contribution in [1.82, 2.24) is 19.7 Å². The summed E-state index contributed by atoms with van der Waals surface area (Å²) in [6.45, 7) is 5.73. The molecule has 0 bridgehead atoms. The largest absolute Gasteiger partial charge is 0.369 e. The smallest absolute Gasteiger partial charge is 0.239 e. The van der Waals surface area contributed by atoms with Gasteiger partial charge in [-0.05, 0) is 42.3 Å². The maximum Gasteiger partial charge on any atom is 0.239 e. The topological polar surface area (TPSA) is 93.7 Å². The van der Waals surface area contributed by atoms with E-state index in [0.29, 0.717) is 5.95 Å². The molecule has 0 aromatic carbocycles. The summed E-state index contributed by atoms with van der Waals surface area (Å²) < 4.78 is 2.82. The standard InChI is InChI=1S/C12H18BrN7/c1-8-6-9(2)20(19-8)5-3-4-15-11-10(13)7-16-12(17-11)18-14/h6-7H,3-5,14H2,1-2H3,(H2,15,16,17,18). The third-order valence-electron chi connectivity index (χ3n) is 2.82. The van der Waals surface area contributed by atoms with Gasteiger partial charge in [-0.15, -0.1) is 0 Å². The lowest BCUT2D eigenvalue weighted by molar-refractivity contribution is 0.573. The summed E-state index contributed by atoms with van der Waals surface area (Å²) in [6.07, 6.45) is 2.61. The van der Waals surface area contributed by atoms with Gasteiger partial charge >= 0.3 is 0 Å². The molecule has 0 aliphatic rings. The molecule has 0 fully saturated rings. The molecule has 108 valence electrons. The molecular formula is C12H18BrN7. The van der Waals surface area contributed by atoms with Crippen LogP contribution in [-0.4, -0.2) is 26.3 Å². The van der Waals surface area contributed by atoms with Crippen molar-refractivity contribution in [3.63, 3.8) is 0 Å². The van der Waals surface area contributed by atoms with Gasteiger partial charge in [-0.3, -0.25) is 10.1 Å². The number of hydrogen-bond donors (Lipinski definition) is 3. The zero-order valence-electron chi connectivity index (χ0n) is 11.5. The van der Waals surface area contributed by atoms with E-state index < -0.39 is 0 Å². The average Bonchev–Trinajstić information content (AvgIpc) is 2.75. The average molecular weight is 340 g/mol. The van der Waals surface area contributed by atoms with Crippen LogP contribution in [0, 0.1) is 13.8 Å². The highest BCUT2D eigenvalue weighted by Gasteiger charge is 2.04. The Bertz CT molecular complexity index is 581. The van der Waals surface area contributed by atoms with Crippen molar-refractivity contribution in [2.24, 2.45) is 5.84 Å². The highest BCUT2D eigenvalue weighted by molar-refractivity contribution is 9.10. The summed E-state index contributed by atoms with van der Waals surface area (Å²) >= 11 is 3.40. The van der Waals surface area contributed by atoms with Gasteiger partial charge in [-0.2, -0.15) is 10.1 Å². The van der Waals surface area contributed by atoms with Gasteiger partial charge in [0.05, 0.1) is 10.2 Å². The second kappa shape index (κ2) is 6.67. The third-order valence-corrected chi connectivity index (χ3v) is 3.40. The van der Waals surface area contributed by atoms with Gasteiger partial charge in [0.25, 0.3) is 0 Å². The molecule has 2 heterocycles. The van der Waals surface area contributed by atoms with E-state index in [4.69, 9.17) is 5.84 Å². The van der Waals surface area contributed by atoms with Crippen molar-refractivity contribution in [2.75, 3.05) is 17.3 Å². The summed E-state index contributed by atoms with van der Waals surface area (Å²) in [5, 5.41) is 7.68. The van der Waals surface area contributed by atoms with E-state index in [1.807, 2.05) is 11.6 Å². The van der Waals surface area contributed by atoms with E-state index in [1.165, 1.54) is 5.69 Å². The van der Waals surface area contributed by atoms with Gasteiger partial charge in [0, 0.05) is 25.0 Å². The summed E-state index contributed by atoms with van der Waals surface area (Å²) in [6, 6.07) is 2.08. The normalized spacial score (nSPS) is 10.6. The van der Waals surface area contributed by atoms with Crippen LogP contribution in [0.15, 0.2) is 16.7 Å². The first-order valence-corrected chi connectivity index (χ1v) is 7.13. The van der Waals surface area contributed by atoms with Gasteiger partial charge in [0.2, 0.25) is 5.95 Å². The zero-order chi connectivity index (χ0) is 14.5. The van der Waals surface area contributed by atoms with Crippen LogP contribution in [0.1, 0.15) is 17.8 Å². The number of aryl methyl sites for hydroxylation is 3. The van der Waals surface area contributed by atoms with Crippen LogP contribution in [-0.2, 0) is 6.54 Å². The Labute approximate surface area is 126 Å². The van der Waals surface area contributed by atoms with Crippen molar-refractivity contribution in [2.45, 2.75) is 26.8 Å². The Morgan fingerprint density at radius 2 is 2.20 bits per heavy atom. The van der Waals surface area contributed by atoms with Crippen LogP contribution < -0.4 is 16.6 Å². The van der Waals surface area contributed by atoms with Crippen molar-refractivity contribution < 1.29 is 0 Å². The molecule has 4 N–H and O–H groups in total. The number of anilines is 2. The van der Waals surface area contributed by atoms with Crippen LogP contribution in [0.5, 0.6) is 0 Å². The van der Waals surface area contributed by atoms with Crippen LogP contribution >= 0.6 is 15.9 Å². The number of rotatable bonds is 6. The predicted molar refractivity (Wildman–Crippen MR) is 82.3 cm³/mol. The zero-order valence-corrected chi connectivity index (χ0v) is 13.1. The maximum absolute atomic E-state index is 5.29. The third kappa shape index (κ3) is 3.67. The highest BCUT2D eigenvalue weighted by atomic mass is 79.9. The number of halogens is 1. The molecule has 0 radical (unpaired) electrons. The second-order valence-corrected chi connectivity index (χ2v) is 5.32. The Morgan fingerprint density at radius 1 is 1.40 bits per heavy atom. The molecule has 7 nitrogen and oxygen atoms in total. The van der Waals surface area contributed by atoms with Gasteiger partial charge in [0.1, 0.15) is 5.82 Å². The Balaban J connectivity index is 1.85. The minimum Gasteiger partial charge on any atom is -0.369 e. The fourth-order valence-electron chi connectivity index (χ4n) is 1.90. The van der Waals surface area contributed by atoms with Crippen molar-refractivity contribution in [1.29, 1.82) is 0 Å². The Hall–Kier alpha value is -1.67. The highest BCUT2D eigenvalue weighted by Crippen LogP contribution is 2.19. The quantitative estimate of drug-likeness (QED) is 0.422. The number of nitrogens with one attached hydrogen (secondary N) is 2. The van der Waals surface area contributed by atoms with E-state index in [0.717, 1.165) is 35.5 Å². The van der Waals surface area contributed by atoms with Gasteiger partial charge in [0.15, 0.2) is 0 Å². The number of nitrogens with two attached hydrogens (primary N) is 1. The maximum atomic E-state index is 5.29. The van der Waals surface area contributed by atoms with Gasteiger partial charge in [-0.1, -0.05) is 0 Å². The van der Waals surface area contributed by atoms with Crippen molar-refractivity contribution >= 4 is 27.7 Å². The fourth-order valence-corrected chi connectivity index (χ4v) is 2.23. The van der Waals surface area contributed by atoms with E-state index in [1.54, 1.807) is 6.20 Å². The molecule has 0 amide bonds. The predicted octanol–water partition coefficient (Wildman–Crippen LogP) is 1.84. The SMILES string of the molecule is Cc1cc(C)n(CCCNc2nc(NN)ncc2Br)n1. The number of nitrogen functional groups attached to an aromatic ring is 1. The Morgan fingerprint density at radius 3 is 2.85 bits per heavy atom. The minimum absolute atomic E-state index is 0.384. The van der Waals surface area contributed by atoms with Crippen LogP contribution in [0.25, 0.3) is 0 Å². The first-order valence-electron chi connectivity index (χ1n) is 6.34. The monoisotopic (exact) mass is 339 g/mol. The Kier molecular flexibility index (Phi) is 4.91. The molecular weight excluding hydrogens is 322 g/mol. The van der Waals surface area contributed by atoms with Crippen LogP contribution in [0.2, 0.25) is 0 Å². The second-order valence-electron chi connectivity index (χ2n) is 4.47. The minimum atomic E-state index is 0.384. The number of nitrogens with zero attached hydrogens (tertiary/aromatic N) is 4. The van der Waals surface area contributed by atoms with Gasteiger partial charge < -0.3 is 5.32 Å². The molecule has 0 aliphatic heterocycles. The molecule has 2 aromatic heterocycles. The molecule has 2 aromatic rings. The molecule has 2 rings (SSSR count). The van der Waals surface area contributed by atoms with E-state index in [2.05, 4.69) is 54.7 Å². The number of aromatic nitrogens is 4. The lowest BCUT2D eigenvalue weighted by atomic mass is 10.4. The first kappa shape index (κ1) is 14.7. The van der Waals surface area contributed by atoms with E-state index in [9.17, 15) is 0 Å². The molecule has 0 atom stereocenters. The lowest BCUT2D eigenvalue weighted by Crippen LogP contribution is -2.13. The number of hydrogen-bond acceptors (Lipinski definition) is 6. The summed E-state index contributed by atoms with van der Waals surface area (Å²) in [5.41, 5.74) is 4.65. The molecule has 0 unspecified atom stereocenters. The van der Waals surface area contributed by atoms with Crippen molar-refractivity contribution in [3.8, 4) is 0 Å². The van der Waals surface area contributed by atoms with E-state index in [-0.39, 0.29) is 0 Å². The summed E-state index contributed by atoms with van der Waals surface area (Å²) in [4.78, 5) is 8.23. The van der Waals surface area contributed by atoms with Gasteiger partial charge in [-0.25, -0.2) is 10.8 Å². The molecule has 20 heavy (non-hydrogen) atoms. The lowest BCUT2D eigenvalue weighted by Gasteiger charge is -2.09. The molecule has 8 heteroatoms. The molecule has 0 saturated heterocycles. The van der Waals surface area contributed by atoms with Crippen LogP contribution in [0.3, 0.4) is 0 Å². The first-order chi connectivity index (χ1) is 9.60. The van der Waals surface area contributed by atoms with Crippen LogP contribution in [0.4, 0.5) is 11.8 Å². The number of hydrazine groups is 1. The molecule has 0 saturated carbocycles. The summed E-state index contributed by atoms with van der Waals surface area (Å²) in [7, 11) is 0. The molecule has 0 spiro atoms. The van der Waals surface area contributed by atoms with E-state index >= 15 is 0 Å². The molecule has 0 aliphatic carbocycles. The van der Waals surface area contributed by atoms with Crippen molar-refractivity contribution in [3.05, 3.63) is 28.1 Å². The summed E-state index contributed by atoms with van der Waals surface area (Å²) in [5.74, 6) is 6.40. The fraction of sp³-hybridized carbons (Fsp3) is 0.417.